The maximum absolute atomic E-state index is 14.6. The van der Waals surface area contributed by atoms with E-state index in [2.05, 4.69) is 44.5 Å². The summed E-state index contributed by atoms with van der Waals surface area (Å²) in [5.74, 6) is -0.643. The molecule has 0 saturated heterocycles. The van der Waals surface area contributed by atoms with E-state index in [1.54, 1.807) is 18.5 Å². The van der Waals surface area contributed by atoms with E-state index in [4.69, 9.17) is 0 Å². The van der Waals surface area contributed by atoms with E-state index in [-0.39, 0.29) is 11.6 Å². The van der Waals surface area contributed by atoms with Crippen LogP contribution in [0.4, 0.5) is 10.2 Å². The molecule has 0 fully saturated rings. The van der Waals surface area contributed by atoms with Crippen molar-refractivity contribution in [3.63, 3.8) is 0 Å². The van der Waals surface area contributed by atoms with Gasteiger partial charge in [0.05, 0.1) is 11.3 Å². The van der Waals surface area contributed by atoms with E-state index in [9.17, 15) is 9.18 Å². The first kappa shape index (κ1) is 20.3. The summed E-state index contributed by atoms with van der Waals surface area (Å²) in [4.78, 5) is 21.7. The third-order valence-electron chi connectivity index (χ3n) is 5.76. The van der Waals surface area contributed by atoms with Crippen LogP contribution in [0.2, 0.25) is 0 Å². The largest absolute Gasteiger partial charge is 0.330 e. The Hall–Kier alpha value is -3.00. The zero-order chi connectivity index (χ0) is 21.5. The summed E-state index contributed by atoms with van der Waals surface area (Å²) in [5.41, 5.74) is 5.17. The molecule has 0 saturated carbocycles. The van der Waals surface area contributed by atoms with Crippen LogP contribution in [0.25, 0.3) is 0 Å². The first-order valence-electron chi connectivity index (χ1n) is 10.2. The predicted molar refractivity (Wildman–Crippen MR) is 115 cm³/mol. The highest BCUT2D eigenvalue weighted by Gasteiger charge is 2.38. The molecule has 2 aromatic rings. The lowest BCUT2D eigenvalue weighted by atomic mass is 9.97. The zero-order valence-electron chi connectivity index (χ0n) is 17.7. The van der Waals surface area contributed by atoms with Crippen LogP contribution in [-0.4, -0.2) is 46.7 Å². The zero-order valence-corrected chi connectivity index (χ0v) is 17.7. The van der Waals surface area contributed by atoms with Gasteiger partial charge >= 0.3 is 0 Å². The molecule has 7 nitrogen and oxygen atoms in total. The summed E-state index contributed by atoms with van der Waals surface area (Å²) >= 11 is 0. The summed E-state index contributed by atoms with van der Waals surface area (Å²) in [6, 6.07) is 8.75. The van der Waals surface area contributed by atoms with Crippen LogP contribution >= 0.6 is 0 Å². The van der Waals surface area contributed by atoms with Crippen LogP contribution in [0.1, 0.15) is 48.0 Å². The minimum absolute atomic E-state index is 0.0357. The quantitative estimate of drug-likeness (QED) is 0.811. The highest BCUT2D eigenvalue weighted by molar-refractivity contribution is 6.04. The molecule has 2 aliphatic rings. The van der Waals surface area contributed by atoms with E-state index in [1.807, 2.05) is 26.1 Å². The van der Waals surface area contributed by atoms with Crippen molar-refractivity contribution < 1.29 is 9.18 Å². The van der Waals surface area contributed by atoms with Crippen molar-refractivity contribution in [3.05, 3.63) is 58.5 Å². The predicted octanol–water partition coefficient (Wildman–Crippen LogP) is 2.89. The van der Waals surface area contributed by atoms with Gasteiger partial charge in [0.2, 0.25) is 0 Å². The number of pyridine rings is 1. The molecule has 1 aromatic carbocycles. The number of carbonyl (C=O) groups is 1. The van der Waals surface area contributed by atoms with E-state index in [0.717, 1.165) is 24.1 Å². The third-order valence-corrected chi connectivity index (χ3v) is 5.76. The molecule has 1 unspecified atom stereocenters. The van der Waals surface area contributed by atoms with Crippen molar-refractivity contribution in [2.24, 2.45) is 5.10 Å². The summed E-state index contributed by atoms with van der Waals surface area (Å²) < 4.78 is 14.6. The molecule has 1 atom stereocenters. The molecular formula is C22H27FN6O. The fraction of sp³-hybridized carbons (Fsp3) is 0.409. The lowest BCUT2D eigenvalue weighted by molar-refractivity contribution is 0.102. The Morgan fingerprint density at radius 2 is 2.10 bits per heavy atom. The molecule has 158 valence electrons. The Morgan fingerprint density at radius 3 is 2.87 bits per heavy atom. The Bertz CT molecular complexity index is 1010. The summed E-state index contributed by atoms with van der Waals surface area (Å²) in [6.45, 7) is 7.71. The molecule has 4 rings (SSSR count). The standard InChI is InChI=1S/C22H27FN6O/c1-14(2)29-13-24-27-22(29,3)19-6-5-7-20(25-19)26-21(30)17-10-16-12-28(4)9-8-15(16)11-18(17)23/h5-7,10-11,13-14,27H,8-9,12H2,1-4H3,(H,25,26,30). The maximum Gasteiger partial charge on any atom is 0.259 e. The van der Waals surface area contributed by atoms with Crippen LogP contribution in [-0.2, 0) is 18.6 Å². The first-order chi connectivity index (χ1) is 14.3. The molecule has 2 aliphatic heterocycles. The molecule has 1 amide bonds. The van der Waals surface area contributed by atoms with Gasteiger partial charge in [-0.2, -0.15) is 5.10 Å². The number of rotatable bonds is 4. The SMILES string of the molecule is CC(C)N1C=NNC1(C)c1cccc(NC(=O)c2cc3c(cc2F)CCN(C)C3)n1. The van der Waals surface area contributed by atoms with Crippen molar-refractivity contribution in [2.45, 2.75) is 45.4 Å². The molecule has 2 N–H and O–H groups in total. The molecule has 3 heterocycles. The molecule has 8 heteroatoms. The molecule has 0 spiro atoms. The number of anilines is 1. The van der Waals surface area contributed by atoms with Gasteiger partial charge in [0.25, 0.3) is 5.91 Å². The minimum Gasteiger partial charge on any atom is -0.330 e. The molecule has 0 aliphatic carbocycles. The Morgan fingerprint density at radius 1 is 1.30 bits per heavy atom. The van der Waals surface area contributed by atoms with Gasteiger partial charge in [0, 0.05) is 19.1 Å². The fourth-order valence-corrected chi connectivity index (χ4v) is 4.08. The van der Waals surface area contributed by atoms with Crippen molar-refractivity contribution in [1.29, 1.82) is 0 Å². The topological polar surface area (TPSA) is 72.9 Å². The van der Waals surface area contributed by atoms with Crippen molar-refractivity contribution in [2.75, 3.05) is 18.9 Å². The third kappa shape index (κ3) is 3.63. The number of likely N-dealkylation sites (N-methyl/N-ethyl adjacent to an activating group) is 1. The monoisotopic (exact) mass is 410 g/mol. The van der Waals surface area contributed by atoms with Crippen LogP contribution in [0, 0.1) is 5.82 Å². The number of hydrogen-bond donors (Lipinski definition) is 2. The van der Waals surface area contributed by atoms with Crippen LogP contribution in [0.15, 0.2) is 35.4 Å². The number of fused-ring (bicyclic) bond motifs is 1. The van der Waals surface area contributed by atoms with Crippen molar-refractivity contribution in [3.8, 4) is 0 Å². The number of carbonyl (C=O) groups excluding carboxylic acids is 1. The van der Waals surface area contributed by atoms with Crippen LogP contribution in [0.5, 0.6) is 0 Å². The van der Waals surface area contributed by atoms with Crippen molar-refractivity contribution >= 4 is 18.1 Å². The average molecular weight is 410 g/mol. The van der Waals surface area contributed by atoms with Gasteiger partial charge < -0.3 is 15.1 Å². The van der Waals surface area contributed by atoms with E-state index >= 15 is 0 Å². The van der Waals surface area contributed by atoms with Crippen LogP contribution in [0.3, 0.4) is 0 Å². The average Bonchev–Trinajstić information content (AvgIpc) is 3.11. The highest BCUT2D eigenvalue weighted by atomic mass is 19.1. The first-order valence-corrected chi connectivity index (χ1v) is 10.2. The van der Waals surface area contributed by atoms with Crippen molar-refractivity contribution in [1.82, 2.24) is 20.2 Å². The summed E-state index contributed by atoms with van der Waals surface area (Å²) in [5, 5.41) is 6.93. The molecule has 30 heavy (non-hydrogen) atoms. The number of nitrogens with one attached hydrogen (secondary N) is 2. The number of halogens is 1. The normalized spacial score (nSPS) is 20.9. The Labute approximate surface area is 176 Å². The van der Waals surface area contributed by atoms with Crippen LogP contribution < -0.4 is 10.7 Å². The smallest absolute Gasteiger partial charge is 0.259 e. The van der Waals surface area contributed by atoms with E-state index < -0.39 is 17.4 Å². The van der Waals surface area contributed by atoms with Gasteiger partial charge in [0.15, 0.2) is 5.66 Å². The second-order valence-electron chi connectivity index (χ2n) is 8.38. The Balaban J connectivity index is 1.58. The molecule has 1 aromatic heterocycles. The van der Waals surface area contributed by atoms with Gasteiger partial charge in [-0.25, -0.2) is 9.37 Å². The summed E-state index contributed by atoms with van der Waals surface area (Å²) in [6.07, 6.45) is 2.53. The number of benzene rings is 1. The molecule has 0 bridgehead atoms. The molecule has 0 radical (unpaired) electrons. The lowest BCUT2D eigenvalue weighted by Gasteiger charge is -2.37. The summed E-state index contributed by atoms with van der Waals surface area (Å²) in [7, 11) is 2.02. The fourth-order valence-electron chi connectivity index (χ4n) is 4.08. The van der Waals surface area contributed by atoms with Gasteiger partial charge in [-0.05, 0) is 69.6 Å². The number of amides is 1. The number of hydrazone groups is 1. The van der Waals surface area contributed by atoms with Gasteiger partial charge in [0.1, 0.15) is 18.0 Å². The van der Waals surface area contributed by atoms with Gasteiger partial charge in [-0.3, -0.25) is 10.2 Å². The van der Waals surface area contributed by atoms with Gasteiger partial charge in [-0.1, -0.05) is 6.07 Å². The number of aromatic nitrogens is 1. The lowest BCUT2D eigenvalue weighted by Crippen LogP contribution is -2.50. The second-order valence-corrected chi connectivity index (χ2v) is 8.38. The number of hydrogen-bond acceptors (Lipinski definition) is 6. The van der Waals surface area contributed by atoms with E-state index in [1.165, 1.54) is 6.07 Å². The van der Waals surface area contributed by atoms with Gasteiger partial charge in [-0.15, -0.1) is 0 Å². The Kier molecular flexibility index (Phi) is 5.19. The highest BCUT2D eigenvalue weighted by Crippen LogP contribution is 2.29. The number of nitrogens with zero attached hydrogens (tertiary/aromatic N) is 4. The minimum atomic E-state index is -0.628. The van der Waals surface area contributed by atoms with E-state index in [0.29, 0.717) is 18.1 Å². The maximum atomic E-state index is 14.6. The molecular weight excluding hydrogens is 383 g/mol. The second kappa shape index (κ2) is 7.68.